The van der Waals surface area contributed by atoms with Crippen LogP contribution in [0.5, 0.6) is 0 Å². The van der Waals surface area contributed by atoms with Gasteiger partial charge in [0.1, 0.15) is 0 Å². The Morgan fingerprint density at radius 2 is 2.06 bits per heavy atom. The second-order valence-corrected chi connectivity index (χ2v) is 4.51. The van der Waals surface area contributed by atoms with Crippen molar-refractivity contribution in [1.82, 2.24) is 14.8 Å². The van der Waals surface area contributed by atoms with Crippen LogP contribution in [0.2, 0.25) is 5.02 Å². The first-order chi connectivity index (χ1) is 8.00. The highest BCUT2D eigenvalue weighted by molar-refractivity contribution is 6.31. The first-order valence-corrected chi connectivity index (χ1v) is 5.82. The van der Waals surface area contributed by atoms with Crippen molar-refractivity contribution in [3.63, 3.8) is 0 Å². The highest BCUT2D eigenvalue weighted by Gasteiger charge is 2.11. The molecule has 2 aromatic heterocycles. The SMILES string of the molecule is Cc1nn(-c2ccc(C(C)N)cn2)c(C)c1Cl. The Kier molecular flexibility index (Phi) is 3.17. The summed E-state index contributed by atoms with van der Waals surface area (Å²) >= 11 is 6.10. The molecule has 0 aliphatic rings. The minimum atomic E-state index is -0.0133. The van der Waals surface area contributed by atoms with E-state index in [1.54, 1.807) is 10.9 Å². The van der Waals surface area contributed by atoms with E-state index >= 15 is 0 Å². The fourth-order valence-corrected chi connectivity index (χ4v) is 1.76. The maximum Gasteiger partial charge on any atom is 0.153 e. The molecule has 0 spiro atoms. The molecule has 0 aliphatic heterocycles. The number of rotatable bonds is 2. The minimum Gasteiger partial charge on any atom is -0.324 e. The second kappa shape index (κ2) is 4.47. The Morgan fingerprint density at radius 3 is 2.47 bits per heavy atom. The molecular weight excluding hydrogens is 236 g/mol. The number of nitrogens with zero attached hydrogens (tertiary/aromatic N) is 3. The predicted octanol–water partition coefficient (Wildman–Crippen LogP) is 2.56. The predicted molar refractivity (Wildman–Crippen MR) is 68.4 cm³/mol. The molecule has 0 aliphatic carbocycles. The Bertz CT molecular complexity index is 528. The molecule has 2 heterocycles. The standard InChI is InChI=1S/C12H15ClN4/c1-7(14)10-4-5-11(15-6-10)17-9(3)12(13)8(2)16-17/h4-7H,14H2,1-3H3. The summed E-state index contributed by atoms with van der Waals surface area (Å²) in [5, 5.41) is 5.03. The number of halogens is 1. The molecule has 0 amide bonds. The molecule has 0 bridgehead atoms. The minimum absolute atomic E-state index is 0.0133. The number of aromatic nitrogens is 3. The molecule has 1 unspecified atom stereocenters. The van der Waals surface area contributed by atoms with Crippen LogP contribution >= 0.6 is 11.6 Å². The van der Waals surface area contributed by atoms with Gasteiger partial charge in [0.15, 0.2) is 5.82 Å². The zero-order valence-electron chi connectivity index (χ0n) is 10.1. The summed E-state index contributed by atoms with van der Waals surface area (Å²) in [4.78, 5) is 4.35. The summed E-state index contributed by atoms with van der Waals surface area (Å²) in [7, 11) is 0. The van der Waals surface area contributed by atoms with Crippen molar-refractivity contribution in [1.29, 1.82) is 0 Å². The molecule has 2 rings (SSSR count). The number of hydrogen-bond donors (Lipinski definition) is 1. The van der Waals surface area contributed by atoms with Crippen LogP contribution in [-0.2, 0) is 0 Å². The van der Waals surface area contributed by atoms with Crippen LogP contribution in [0.1, 0.15) is 29.9 Å². The third-order valence-electron chi connectivity index (χ3n) is 2.72. The highest BCUT2D eigenvalue weighted by Crippen LogP contribution is 2.21. The summed E-state index contributed by atoms with van der Waals surface area (Å²) in [6.07, 6.45) is 1.77. The summed E-state index contributed by atoms with van der Waals surface area (Å²) in [6.45, 7) is 5.72. The zero-order valence-corrected chi connectivity index (χ0v) is 10.9. The summed E-state index contributed by atoms with van der Waals surface area (Å²) in [5.74, 6) is 0.752. The van der Waals surface area contributed by atoms with Gasteiger partial charge in [-0.2, -0.15) is 5.10 Å². The van der Waals surface area contributed by atoms with Gasteiger partial charge in [0.2, 0.25) is 0 Å². The summed E-state index contributed by atoms with van der Waals surface area (Å²) in [5.41, 5.74) is 8.48. The van der Waals surface area contributed by atoms with Gasteiger partial charge in [0.05, 0.1) is 16.4 Å². The van der Waals surface area contributed by atoms with E-state index in [9.17, 15) is 0 Å². The van der Waals surface area contributed by atoms with E-state index in [-0.39, 0.29) is 6.04 Å². The van der Waals surface area contributed by atoms with Crippen molar-refractivity contribution in [2.75, 3.05) is 0 Å². The molecule has 0 saturated heterocycles. The van der Waals surface area contributed by atoms with Crippen molar-refractivity contribution in [2.45, 2.75) is 26.8 Å². The molecule has 90 valence electrons. The van der Waals surface area contributed by atoms with Gasteiger partial charge in [0.25, 0.3) is 0 Å². The van der Waals surface area contributed by atoms with E-state index in [0.29, 0.717) is 5.02 Å². The number of aryl methyl sites for hydroxylation is 1. The molecule has 0 fully saturated rings. The van der Waals surface area contributed by atoms with E-state index < -0.39 is 0 Å². The number of pyridine rings is 1. The largest absolute Gasteiger partial charge is 0.324 e. The van der Waals surface area contributed by atoms with E-state index in [1.165, 1.54) is 0 Å². The van der Waals surface area contributed by atoms with Crippen LogP contribution < -0.4 is 5.73 Å². The lowest BCUT2D eigenvalue weighted by Crippen LogP contribution is -2.07. The Balaban J connectivity index is 2.43. The average Bonchev–Trinajstić information content (AvgIpc) is 2.57. The fraction of sp³-hybridized carbons (Fsp3) is 0.333. The molecule has 0 aromatic carbocycles. The van der Waals surface area contributed by atoms with E-state index in [1.807, 2.05) is 32.9 Å². The molecule has 17 heavy (non-hydrogen) atoms. The Morgan fingerprint density at radius 1 is 1.35 bits per heavy atom. The van der Waals surface area contributed by atoms with E-state index in [0.717, 1.165) is 22.8 Å². The third-order valence-corrected chi connectivity index (χ3v) is 3.26. The lowest BCUT2D eigenvalue weighted by atomic mass is 10.1. The Hall–Kier alpha value is -1.39. The van der Waals surface area contributed by atoms with E-state index in [2.05, 4.69) is 10.1 Å². The number of hydrogen-bond acceptors (Lipinski definition) is 3. The van der Waals surface area contributed by atoms with Gasteiger partial charge in [-0.3, -0.25) is 0 Å². The quantitative estimate of drug-likeness (QED) is 0.891. The summed E-state index contributed by atoms with van der Waals surface area (Å²) < 4.78 is 1.74. The second-order valence-electron chi connectivity index (χ2n) is 4.14. The molecule has 5 heteroatoms. The van der Waals surface area contributed by atoms with Crippen molar-refractivity contribution < 1.29 is 0 Å². The van der Waals surface area contributed by atoms with Crippen molar-refractivity contribution in [3.8, 4) is 5.82 Å². The molecule has 4 nitrogen and oxygen atoms in total. The first-order valence-electron chi connectivity index (χ1n) is 5.44. The maximum atomic E-state index is 6.10. The monoisotopic (exact) mass is 250 g/mol. The normalized spacial score (nSPS) is 12.8. The molecule has 2 aromatic rings. The molecule has 0 saturated carbocycles. The van der Waals surface area contributed by atoms with Crippen LogP contribution in [0.4, 0.5) is 0 Å². The maximum absolute atomic E-state index is 6.10. The van der Waals surface area contributed by atoms with Crippen molar-refractivity contribution in [3.05, 3.63) is 40.3 Å². The molecular formula is C12H15ClN4. The van der Waals surface area contributed by atoms with Crippen molar-refractivity contribution in [2.24, 2.45) is 5.73 Å². The summed E-state index contributed by atoms with van der Waals surface area (Å²) in [6, 6.07) is 3.84. The van der Waals surface area contributed by atoms with Crippen LogP contribution in [-0.4, -0.2) is 14.8 Å². The molecule has 2 N–H and O–H groups in total. The molecule has 1 atom stereocenters. The van der Waals surface area contributed by atoms with Gasteiger partial charge < -0.3 is 5.73 Å². The number of nitrogens with two attached hydrogens (primary N) is 1. The van der Waals surface area contributed by atoms with Gasteiger partial charge >= 0.3 is 0 Å². The van der Waals surface area contributed by atoms with Crippen LogP contribution in [0.25, 0.3) is 5.82 Å². The topological polar surface area (TPSA) is 56.7 Å². The smallest absolute Gasteiger partial charge is 0.153 e. The van der Waals surface area contributed by atoms with Crippen molar-refractivity contribution >= 4 is 11.6 Å². The van der Waals surface area contributed by atoms with Gasteiger partial charge in [-0.15, -0.1) is 0 Å². The van der Waals surface area contributed by atoms with Gasteiger partial charge in [-0.05, 0) is 32.4 Å². The van der Waals surface area contributed by atoms with Gasteiger partial charge in [-0.25, -0.2) is 9.67 Å². The Labute approximate surface area is 105 Å². The third kappa shape index (κ3) is 2.18. The van der Waals surface area contributed by atoms with Crippen LogP contribution in [0, 0.1) is 13.8 Å². The zero-order chi connectivity index (χ0) is 12.6. The van der Waals surface area contributed by atoms with Crippen LogP contribution in [0.3, 0.4) is 0 Å². The van der Waals surface area contributed by atoms with Crippen LogP contribution in [0.15, 0.2) is 18.3 Å². The average molecular weight is 251 g/mol. The fourth-order valence-electron chi connectivity index (χ4n) is 1.64. The van der Waals surface area contributed by atoms with Gasteiger partial charge in [-0.1, -0.05) is 17.7 Å². The lowest BCUT2D eigenvalue weighted by Gasteiger charge is -2.07. The first kappa shape index (κ1) is 12.1. The van der Waals surface area contributed by atoms with E-state index in [4.69, 9.17) is 17.3 Å². The lowest BCUT2D eigenvalue weighted by molar-refractivity contribution is 0.783. The highest BCUT2D eigenvalue weighted by atomic mass is 35.5. The van der Waals surface area contributed by atoms with Gasteiger partial charge in [0, 0.05) is 12.2 Å². The molecule has 0 radical (unpaired) electrons.